The summed E-state index contributed by atoms with van der Waals surface area (Å²) in [6, 6.07) is 21.4. The summed E-state index contributed by atoms with van der Waals surface area (Å²) >= 11 is 18.4. The maximum Gasteiger partial charge on any atom is 0.255 e. The van der Waals surface area contributed by atoms with Crippen LogP contribution in [0.1, 0.15) is 10.4 Å². The molecule has 0 saturated carbocycles. The highest BCUT2D eigenvalue weighted by Gasteiger charge is 2.16. The molecule has 0 aliphatic carbocycles. The quantitative estimate of drug-likeness (QED) is 0.234. The Hall–Kier alpha value is -3.84. The smallest absolute Gasteiger partial charge is 0.255 e. The van der Waals surface area contributed by atoms with Gasteiger partial charge in [-0.2, -0.15) is 5.10 Å². The van der Waals surface area contributed by atoms with Crippen molar-refractivity contribution in [3.05, 3.63) is 112 Å². The Kier molecular flexibility index (Phi) is 7.15. The van der Waals surface area contributed by atoms with E-state index in [4.69, 9.17) is 44.6 Å². The number of hydrogen-bond acceptors (Lipinski definition) is 4. The van der Waals surface area contributed by atoms with Crippen molar-refractivity contribution in [2.45, 2.75) is 0 Å². The van der Waals surface area contributed by atoms with Crippen LogP contribution in [0.25, 0.3) is 28.1 Å². The number of anilines is 1. The van der Waals surface area contributed by atoms with Crippen LogP contribution in [0.2, 0.25) is 15.1 Å². The SMILES string of the molecule is COc1cc(Cl)cc(-c2nn(-c3cccc(NC(=O)c4ccc(Cl)c(Cl)c4)c3)cc2-c2ccncc2)c1. The fraction of sp³-hybridized carbons (Fsp3) is 0.0357. The minimum absolute atomic E-state index is 0.305. The second-order valence-corrected chi connectivity index (χ2v) is 9.34. The van der Waals surface area contributed by atoms with E-state index in [1.807, 2.05) is 48.7 Å². The Balaban J connectivity index is 1.53. The first-order chi connectivity index (χ1) is 17.9. The number of rotatable bonds is 6. The van der Waals surface area contributed by atoms with E-state index in [9.17, 15) is 4.79 Å². The fourth-order valence-electron chi connectivity index (χ4n) is 3.85. The maximum absolute atomic E-state index is 12.8. The molecule has 0 saturated heterocycles. The molecule has 5 rings (SSSR count). The Morgan fingerprint density at radius 1 is 0.892 bits per heavy atom. The average molecular weight is 550 g/mol. The fourth-order valence-corrected chi connectivity index (χ4v) is 4.37. The molecule has 2 aromatic heterocycles. The molecular weight excluding hydrogens is 531 g/mol. The van der Waals surface area contributed by atoms with Crippen LogP contribution in [0.5, 0.6) is 5.75 Å². The molecule has 0 fully saturated rings. The molecule has 2 heterocycles. The molecule has 1 amide bonds. The lowest BCUT2D eigenvalue weighted by Gasteiger charge is -2.08. The second kappa shape index (κ2) is 10.6. The molecule has 3 aromatic carbocycles. The number of carbonyl (C=O) groups is 1. The molecule has 6 nitrogen and oxygen atoms in total. The van der Waals surface area contributed by atoms with Crippen molar-refractivity contribution in [3.63, 3.8) is 0 Å². The van der Waals surface area contributed by atoms with Crippen LogP contribution < -0.4 is 10.1 Å². The highest BCUT2D eigenvalue weighted by atomic mass is 35.5. The Labute approximate surface area is 228 Å². The molecule has 1 N–H and O–H groups in total. The largest absolute Gasteiger partial charge is 0.497 e. The summed E-state index contributed by atoms with van der Waals surface area (Å²) < 4.78 is 7.17. The number of hydrogen-bond donors (Lipinski definition) is 1. The van der Waals surface area contributed by atoms with Gasteiger partial charge >= 0.3 is 0 Å². The molecule has 5 aromatic rings. The van der Waals surface area contributed by atoms with Crippen LogP contribution in [-0.4, -0.2) is 27.8 Å². The number of methoxy groups -OCH3 is 1. The van der Waals surface area contributed by atoms with Crippen molar-refractivity contribution in [2.24, 2.45) is 0 Å². The third kappa shape index (κ3) is 5.47. The molecule has 0 aliphatic heterocycles. The van der Waals surface area contributed by atoms with E-state index in [1.165, 1.54) is 6.07 Å². The summed E-state index contributed by atoms with van der Waals surface area (Å²) in [5.41, 5.74) is 5.10. The topological polar surface area (TPSA) is 69.0 Å². The van der Waals surface area contributed by atoms with Crippen LogP contribution in [0.3, 0.4) is 0 Å². The van der Waals surface area contributed by atoms with Crippen molar-refractivity contribution in [1.82, 2.24) is 14.8 Å². The number of amides is 1. The van der Waals surface area contributed by atoms with Gasteiger partial charge in [0, 0.05) is 46.0 Å². The summed E-state index contributed by atoms with van der Waals surface area (Å²) in [4.78, 5) is 16.9. The predicted octanol–water partition coefficient (Wildman–Crippen LogP) is 7.82. The highest BCUT2D eigenvalue weighted by Crippen LogP contribution is 2.35. The minimum atomic E-state index is -0.305. The molecule has 0 unspecified atom stereocenters. The first kappa shape index (κ1) is 24.8. The van der Waals surface area contributed by atoms with E-state index in [0.29, 0.717) is 32.1 Å². The number of nitrogens with zero attached hydrogens (tertiary/aromatic N) is 3. The first-order valence-corrected chi connectivity index (χ1v) is 12.3. The van der Waals surface area contributed by atoms with Gasteiger partial charge in [0.2, 0.25) is 0 Å². The number of nitrogens with one attached hydrogen (secondary N) is 1. The lowest BCUT2D eigenvalue weighted by molar-refractivity contribution is 0.102. The van der Waals surface area contributed by atoms with Gasteiger partial charge in [-0.25, -0.2) is 4.68 Å². The number of halogens is 3. The Morgan fingerprint density at radius 3 is 2.46 bits per heavy atom. The van der Waals surface area contributed by atoms with Crippen molar-refractivity contribution in [3.8, 4) is 33.8 Å². The highest BCUT2D eigenvalue weighted by molar-refractivity contribution is 6.42. The van der Waals surface area contributed by atoms with Crippen LogP contribution >= 0.6 is 34.8 Å². The second-order valence-electron chi connectivity index (χ2n) is 8.08. The molecule has 9 heteroatoms. The molecule has 184 valence electrons. The van der Waals surface area contributed by atoms with E-state index in [2.05, 4.69) is 10.3 Å². The van der Waals surface area contributed by atoms with Gasteiger partial charge in [0.05, 0.1) is 22.8 Å². The third-order valence-corrected chi connectivity index (χ3v) is 6.59. The van der Waals surface area contributed by atoms with E-state index in [1.54, 1.807) is 48.5 Å². The van der Waals surface area contributed by atoms with Gasteiger partial charge < -0.3 is 10.1 Å². The van der Waals surface area contributed by atoms with E-state index in [-0.39, 0.29) is 5.91 Å². The van der Waals surface area contributed by atoms with Gasteiger partial charge in [0.25, 0.3) is 5.91 Å². The summed E-state index contributed by atoms with van der Waals surface area (Å²) in [6.07, 6.45) is 5.39. The minimum Gasteiger partial charge on any atom is -0.497 e. The Bertz CT molecular complexity index is 1600. The molecule has 0 bridgehead atoms. The molecule has 0 aliphatic rings. The van der Waals surface area contributed by atoms with Crippen molar-refractivity contribution >= 4 is 46.4 Å². The van der Waals surface area contributed by atoms with E-state index in [0.717, 1.165) is 28.1 Å². The lowest BCUT2D eigenvalue weighted by atomic mass is 10.0. The molecular formula is C28H19Cl3N4O2. The van der Waals surface area contributed by atoms with Gasteiger partial charge in [-0.05, 0) is 72.3 Å². The molecule has 37 heavy (non-hydrogen) atoms. The monoisotopic (exact) mass is 548 g/mol. The summed E-state index contributed by atoms with van der Waals surface area (Å²) in [7, 11) is 1.59. The number of carbonyl (C=O) groups excluding carboxylic acids is 1. The van der Waals surface area contributed by atoms with Crippen LogP contribution in [-0.2, 0) is 0 Å². The van der Waals surface area contributed by atoms with Crippen molar-refractivity contribution in [1.29, 1.82) is 0 Å². The van der Waals surface area contributed by atoms with Gasteiger partial charge in [0.1, 0.15) is 11.4 Å². The zero-order valence-corrected chi connectivity index (χ0v) is 21.7. The number of pyridine rings is 1. The normalized spacial score (nSPS) is 10.8. The zero-order chi connectivity index (χ0) is 25.9. The summed E-state index contributed by atoms with van der Waals surface area (Å²) in [6.45, 7) is 0. The van der Waals surface area contributed by atoms with E-state index >= 15 is 0 Å². The summed E-state index contributed by atoms with van der Waals surface area (Å²) in [5.74, 6) is 0.324. The number of benzene rings is 3. The maximum atomic E-state index is 12.8. The zero-order valence-electron chi connectivity index (χ0n) is 19.5. The van der Waals surface area contributed by atoms with Gasteiger partial charge in [-0.1, -0.05) is 40.9 Å². The molecule has 0 radical (unpaired) electrons. The van der Waals surface area contributed by atoms with Crippen LogP contribution in [0, 0.1) is 0 Å². The summed E-state index contributed by atoms with van der Waals surface area (Å²) in [5, 5.41) is 9.02. The first-order valence-electron chi connectivity index (χ1n) is 11.1. The third-order valence-electron chi connectivity index (χ3n) is 5.64. The molecule has 0 spiro atoms. The van der Waals surface area contributed by atoms with Gasteiger partial charge in [0.15, 0.2) is 0 Å². The standard InChI is InChI=1S/C28H19Cl3N4O2/c1-37-23-12-19(11-20(29)14-23)27-24(17-7-9-32-10-8-17)16-35(34-27)22-4-2-3-21(15-22)33-28(36)18-5-6-25(30)26(31)13-18/h2-16H,1H3,(H,33,36). The number of aromatic nitrogens is 3. The lowest BCUT2D eigenvalue weighted by Crippen LogP contribution is -2.12. The van der Waals surface area contributed by atoms with Gasteiger partial charge in [-0.3, -0.25) is 9.78 Å². The molecule has 0 atom stereocenters. The van der Waals surface area contributed by atoms with E-state index < -0.39 is 0 Å². The van der Waals surface area contributed by atoms with Crippen molar-refractivity contribution < 1.29 is 9.53 Å². The van der Waals surface area contributed by atoms with Crippen LogP contribution in [0.15, 0.2) is 91.4 Å². The number of ether oxygens (including phenoxy) is 1. The predicted molar refractivity (Wildman–Crippen MR) is 148 cm³/mol. The average Bonchev–Trinajstić information content (AvgIpc) is 3.36. The Morgan fingerprint density at radius 2 is 1.70 bits per heavy atom. The van der Waals surface area contributed by atoms with Crippen molar-refractivity contribution in [2.75, 3.05) is 12.4 Å². The van der Waals surface area contributed by atoms with Crippen LogP contribution in [0.4, 0.5) is 5.69 Å². The van der Waals surface area contributed by atoms with Gasteiger partial charge in [-0.15, -0.1) is 0 Å².